The minimum Gasteiger partial charge on any atom is -0.468 e. The minimum atomic E-state index is -3.51. The van der Waals surface area contributed by atoms with Gasteiger partial charge in [0.15, 0.2) is 5.66 Å². The van der Waals surface area contributed by atoms with Crippen LogP contribution >= 0.6 is 19.2 Å². The first kappa shape index (κ1) is 14.9. The molecule has 0 aromatic heterocycles. The van der Waals surface area contributed by atoms with Crippen LogP contribution in [0.4, 0.5) is 0 Å². The molecule has 1 atom stereocenters. The van der Waals surface area contributed by atoms with E-state index in [-0.39, 0.29) is 19.1 Å². The molecule has 0 rings (SSSR count). The normalized spacial score (nSPS) is 13.6. The van der Waals surface area contributed by atoms with Gasteiger partial charge in [-0.1, -0.05) is 0 Å². The first-order valence-electron chi connectivity index (χ1n) is 4.58. The van der Waals surface area contributed by atoms with Gasteiger partial charge in [0.25, 0.3) is 0 Å². The molecule has 0 fully saturated rings. The largest absolute Gasteiger partial charge is 0.468 e. The Kier molecular flexibility index (Phi) is 7.18. The van der Waals surface area contributed by atoms with Crippen molar-refractivity contribution in [1.82, 2.24) is 0 Å². The molecule has 0 aromatic carbocycles. The van der Waals surface area contributed by atoms with E-state index in [1.165, 1.54) is 7.11 Å². The van der Waals surface area contributed by atoms with E-state index in [1.54, 1.807) is 13.8 Å². The van der Waals surface area contributed by atoms with Gasteiger partial charge in [0.1, 0.15) is 0 Å². The van der Waals surface area contributed by atoms with Gasteiger partial charge in [-0.2, -0.15) is 0 Å². The highest BCUT2D eigenvalue weighted by molar-refractivity contribution is 7.55. The zero-order valence-corrected chi connectivity index (χ0v) is 10.7. The van der Waals surface area contributed by atoms with Gasteiger partial charge in [-0.3, -0.25) is 9.36 Å². The maximum Gasteiger partial charge on any atom is 0.346 e. The number of alkyl halides is 1. The average molecular weight is 259 g/mol. The second kappa shape index (κ2) is 7.23. The molecule has 0 aliphatic carbocycles. The lowest BCUT2D eigenvalue weighted by Gasteiger charge is -2.22. The van der Waals surface area contributed by atoms with Crippen molar-refractivity contribution < 1.29 is 23.1 Å². The molecule has 90 valence electrons. The fraction of sp³-hybridized carbons (Fsp3) is 0.875. The van der Waals surface area contributed by atoms with Gasteiger partial charge in [0, 0.05) is 5.88 Å². The predicted molar refractivity (Wildman–Crippen MR) is 57.4 cm³/mol. The third kappa shape index (κ3) is 4.11. The molecule has 0 saturated heterocycles. The highest BCUT2D eigenvalue weighted by Gasteiger charge is 2.41. The topological polar surface area (TPSA) is 61.8 Å². The summed E-state index contributed by atoms with van der Waals surface area (Å²) in [7, 11) is -2.31. The number of methoxy groups -OCH3 is 1. The zero-order chi connectivity index (χ0) is 11.9. The van der Waals surface area contributed by atoms with E-state index in [2.05, 4.69) is 4.74 Å². The van der Waals surface area contributed by atoms with Gasteiger partial charge < -0.3 is 13.8 Å². The number of halogens is 1. The zero-order valence-electron chi connectivity index (χ0n) is 9.07. The highest BCUT2D eigenvalue weighted by atomic mass is 35.5. The van der Waals surface area contributed by atoms with Gasteiger partial charge >= 0.3 is 13.6 Å². The molecule has 0 saturated carbocycles. The lowest BCUT2D eigenvalue weighted by molar-refractivity contribution is -0.140. The molecule has 0 heterocycles. The van der Waals surface area contributed by atoms with Crippen LogP contribution in [0.2, 0.25) is 0 Å². The van der Waals surface area contributed by atoms with E-state index in [0.29, 0.717) is 0 Å². The molecular formula is C8H16ClO5P. The molecule has 0 aliphatic heterocycles. The maximum absolute atomic E-state index is 12.1. The Balaban J connectivity index is 4.84. The van der Waals surface area contributed by atoms with Crippen LogP contribution in [0, 0.1) is 0 Å². The molecule has 0 amide bonds. The fourth-order valence-corrected chi connectivity index (χ4v) is 3.31. The average Bonchev–Trinajstić information content (AvgIpc) is 2.19. The van der Waals surface area contributed by atoms with Crippen molar-refractivity contribution in [1.29, 1.82) is 0 Å². The Morgan fingerprint density at radius 1 is 1.33 bits per heavy atom. The van der Waals surface area contributed by atoms with E-state index < -0.39 is 19.2 Å². The van der Waals surface area contributed by atoms with Crippen molar-refractivity contribution >= 4 is 25.2 Å². The Morgan fingerprint density at radius 2 is 1.80 bits per heavy atom. The lowest BCUT2D eigenvalue weighted by atomic mass is 10.5. The van der Waals surface area contributed by atoms with Crippen LogP contribution < -0.4 is 0 Å². The summed E-state index contributed by atoms with van der Waals surface area (Å²) in [6.07, 6.45) is 0. The van der Waals surface area contributed by atoms with Crippen molar-refractivity contribution in [3.05, 3.63) is 0 Å². The third-order valence-corrected chi connectivity index (χ3v) is 4.54. The summed E-state index contributed by atoms with van der Waals surface area (Å²) in [6, 6.07) is 0. The summed E-state index contributed by atoms with van der Waals surface area (Å²) in [5, 5.41) is 0. The number of carbonyl (C=O) groups excluding carboxylic acids is 1. The van der Waals surface area contributed by atoms with Gasteiger partial charge in [0.2, 0.25) is 0 Å². The molecule has 0 bridgehead atoms. The Morgan fingerprint density at radius 3 is 2.07 bits per heavy atom. The second-order valence-electron chi connectivity index (χ2n) is 2.57. The van der Waals surface area contributed by atoms with E-state index in [1.807, 2.05) is 0 Å². The van der Waals surface area contributed by atoms with E-state index >= 15 is 0 Å². The monoisotopic (exact) mass is 258 g/mol. The second-order valence-corrected chi connectivity index (χ2v) is 5.10. The molecular weight excluding hydrogens is 243 g/mol. The molecule has 1 unspecified atom stereocenters. The number of rotatable bonds is 7. The van der Waals surface area contributed by atoms with Gasteiger partial charge in [-0.25, -0.2) is 0 Å². The highest BCUT2D eigenvalue weighted by Crippen LogP contribution is 2.53. The number of hydrogen-bond donors (Lipinski definition) is 0. The molecule has 7 heteroatoms. The number of ether oxygens (including phenoxy) is 1. The van der Waals surface area contributed by atoms with Crippen LogP contribution in [0.25, 0.3) is 0 Å². The van der Waals surface area contributed by atoms with E-state index in [4.69, 9.17) is 20.6 Å². The van der Waals surface area contributed by atoms with Crippen molar-refractivity contribution in [2.24, 2.45) is 0 Å². The van der Waals surface area contributed by atoms with Gasteiger partial charge in [-0.05, 0) is 13.8 Å². The number of esters is 1. The van der Waals surface area contributed by atoms with Crippen molar-refractivity contribution in [3.8, 4) is 0 Å². The lowest BCUT2D eigenvalue weighted by Crippen LogP contribution is -2.26. The van der Waals surface area contributed by atoms with Crippen LogP contribution in [0.5, 0.6) is 0 Å². The Labute approximate surface area is 94.6 Å². The van der Waals surface area contributed by atoms with Crippen LogP contribution in [0.1, 0.15) is 13.8 Å². The summed E-state index contributed by atoms with van der Waals surface area (Å²) in [4.78, 5) is 11.3. The van der Waals surface area contributed by atoms with Gasteiger partial charge in [-0.15, -0.1) is 11.6 Å². The SMILES string of the molecule is CCOP(=O)(OCC)C(CCl)C(=O)OC. The molecule has 5 nitrogen and oxygen atoms in total. The summed E-state index contributed by atoms with van der Waals surface area (Å²) < 4.78 is 26.6. The van der Waals surface area contributed by atoms with E-state index in [0.717, 1.165) is 0 Å². The number of carbonyl (C=O) groups is 1. The van der Waals surface area contributed by atoms with Gasteiger partial charge in [0.05, 0.1) is 20.3 Å². The quantitative estimate of drug-likeness (QED) is 0.397. The molecule has 0 aliphatic rings. The Bertz CT molecular complexity index is 235. The van der Waals surface area contributed by atoms with E-state index in [9.17, 15) is 9.36 Å². The summed E-state index contributed by atoms with van der Waals surface area (Å²) in [6.45, 7) is 3.69. The van der Waals surface area contributed by atoms with Crippen LogP contribution in [-0.2, 0) is 23.1 Å². The summed E-state index contributed by atoms with van der Waals surface area (Å²) >= 11 is 5.56. The third-order valence-electron chi connectivity index (χ3n) is 1.62. The first-order chi connectivity index (χ1) is 7.05. The molecule has 0 N–H and O–H groups in total. The van der Waals surface area contributed by atoms with Crippen molar-refractivity contribution in [2.75, 3.05) is 26.2 Å². The molecule has 0 spiro atoms. The van der Waals surface area contributed by atoms with Crippen LogP contribution in [-0.4, -0.2) is 37.8 Å². The van der Waals surface area contributed by atoms with Crippen LogP contribution in [0.15, 0.2) is 0 Å². The first-order valence-corrected chi connectivity index (χ1v) is 6.72. The summed E-state index contributed by atoms with van der Waals surface area (Å²) in [5.41, 5.74) is -1.07. The van der Waals surface area contributed by atoms with Crippen LogP contribution in [0.3, 0.4) is 0 Å². The molecule has 15 heavy (non-hydrogen) atoms. The predicted octanol–water partition coefficient (Wildman–Crippen LogP) is 2.03. The molecule has 0 radical (unpaired) electrons. The molecule has 0 aromatic rings. The summed E-state index contributed by atoms with van der Waals surface area (Å²) in [5.74, 6) is -0.848. The fourth-order valence-electron chi connectivity index (χ4n) is 0.990. The standard InChI is InChI=1S/C8H16ClO5P/c1-4-13-15(11,14-5-2)7(6-9)8(10)12-3/h7H,4-6H2,1-3H3. The Hall–Kier alpha value is -0.0900. The smallest absolute Gasteiger partial charge is 0.346 e. The number of hydrogen-bond acceptors (Lipinski definition) is 5. The van der Waals surface area contributed by atoms with Crippen molar-refractivity contribution in [2.45, 2.75) is 19.5 Å². The maximum atomic E-state index is 12.1. The minimum absolute atomic E-state index is 0.163. The van der Waals surface area contributed by atoms with Crippen molar-refractivity contribution in [3.63, 3.8) is 0 Å².